The summed E-state index contributed by atoms with van der Waals surface area (Å²) in [6.45, 7) is 6.64. The van der Waals surface area contributed by atoms with E-state index < -0.39 is 0 Å². The van der Waals surface area contributed by atoms with Crippen molar-refractivity contribution in [1.82, 2.24) is 4.90 Å². The summed E-state index contributed by atoms with van der Waals surface area (Å²) in [6.07, 6.45) is -0.205. The monoisotopic (exact) mass is 203 g/mol. The average molecular weight is 203 g/mol. The fourth-order valence-corrected chi connectivity index (χ4v) is 0.980. The number of carbonyl (C=O) groups excluding carboxylic acids is 1. The zero-order chi connectivity index (χ0) is 11.2. The van der Waals surface area contributed by atoms with Crippen molar-refractivity contribution in [1.29, 1.82) is 0 Å². The van der Waals surface area contributed by atoms with Crippen molar-refractivity contribution >= 4 is 6.09 Å². The summed E-state index contributed by atoms with van der Waals surface area (Å²) < 4.78 is 5.94. The maximum atomic E-state index is 11.4. The highest BCUT2D eigenvalue weighted by atomic mass is 16.6. The van der Waals surface area contributed by atoms with Crippen LogP contribution in [0.15, 0.2) is 0 Å². The predicted octanol–water partition coefficient (Wildman–Crippen LogP) is 1.17. The van der Waals surface area contributed by atoms with E-state index in [0.717, 1.165) is 11.0 Å². The molecule has 0 radical (unpaired) electrons. The molecule has 0 heterocycles. The summed E-state index contributed by atoms with van der Waals surface area (Å²) >= 11 is 0. The number of hydrogen-bond donors (Lipinski definition) is 0. The average Bonchev–Trinajstić information content (AvgIpc) is 2.04. The summed E-state index contributed by atoms with van der Waals surface area (Å²) in [5.74, 6) is 0. The van der Waals surface area contributed by atoms with Gasteiger partial charge in [-0.2, -0.15) is 0 Å². The van der Waals surface area contributed by atoms with E-state index in [1.807, 2.05) is 13.8 Å². The minimum absolute atomic E-state index is 0.205. The van der Waals surface area contributed by atoms with Gasteiger partial charge in [0, 0.05) is 13.1 Å². The number of hydrogen-bond acceptors (Lipinski definition) is 2. The molecule has 0 spiro atoms. The summed E-state index contributed by atoms with van der Waals surface area (Å²) in [7, 11) is 6.22. The lowest BCUT2D eigenvalue weighted by atomic mass is 10.5. The van der Waals surface area contributed by atoms with Crippen molar-refractivity contribution in [2.24, 2.45) is 0 Å². The number of rotatable bonds is 5. The minimum Gasteiger partial charge on any atom is -0.443 e. The van der Waals surface area contributed by atoms with E-state index in [4.69, 9.17) is 4.74 Å². The van der Waals surface area contributed by atoms with Gasteiger partial charge in [-0.3, -0.25) is 0 Å². The van der Waals surface area contributed by atoms with E-state index in [0.29, 0.717) is 19.7 Å². The van der Waals surface area contributed by atoms with Crippen LogP contribution >= 0.6 is 0 Å². The zero-order valence-corrected chi connectivity index (χ0v) is 10.0. The summed E-state index contributed by atoms with van der Waals surface area (Å²) in [5.41, 5.74) is 0. The zero-order valence-electron chi connectivity index (χ0n) is 10.0. The Labute approximate surface area is 87.0 Å². The highest BCUT2D eigenvalue weighted by molar-refractivity contribution is 5.67. The van der Waals surface area contributed by atoms with Crippen molar-refractivity contribution in [2.75, 3.05) is 47.4 Å². The van der Waals surface area contributed by atoms with Gasteiger partial charge in [0.1, 0.15) is 13.2 Å². The van der Waals surface area contributed by atoms with Crippen molar-refractivity contribution in [3.8, 4) is 0 Å². The Morgan fingerprint density at radius 2 is 1.71 bits per heavy atom. The molecule has 0 aliphatic heterocycles. The van der Waals surface area contributed by atoms with Gasteiger partial charge in [-0.15, -0.1) is 0 Å². The largest absolute Gasteiger partial charge is 0.443 e. The van der Waals surface area contributed by atoms with Crippen LogP contribution in [0.3, 0.4) is 0 Å². The first-order valence-corrected chi connectivity index (χ1v) is 5.13. The SMILES string of the molecule is CCN(CC)C(=O)OCC[N+](C)(C)C. The second-order valence-corrected chi connectivity index (χ2v) is 4.30. The second-order valence-electron chi connectivity index (χ2n) is 4.30. The van der Waals surface area contributed by atoms with Crippen LogP contribution in [0.25, 0.3) is 0 Å². The lowest BCUT2D eigenvalue weighted by molar-refractivity contribution is -0.870. The van der Waals surface area contributed by atoms with Crippen molar-refractivity contribution in [3.05, 3.63) is 0 Å². The van der Waals surface area contributed by atoms with Crippen LogP contribution in [-0.4, -0.2) is 62.9 Å². The van der Waals surface area contributed by atoms with Gasteiger partial charge in [0.05, 0.1) is 21.1 Å². The Bertz CT molecular complexity index is 171. The first-order valence-electron chi connectivity index (χ1n) is 5.13. The molecule has 0 rings (SSSR count). The third-order valence-corrected chi connectivity index (χ3v) is 2.01. The van der Waals surface area contributed by atoms with Crippen LogP contribution in [0.4, 0.5) is 4.79 Å². The van der Waals surface area contributed by atoms with Crippen LogP contribution in [0.1, 0.15) is 13.8 Å². The third-order valence-electron chi connectivity index (χ3n) is 2.01. The molecule has 0 aromatic rings. The van der Waals surface area contributed by atoms with Crippen LogP contribution < -0.4 is 0 Å². The van der Waals surface area contributed by atoms with Crippen LogP contribution in [0.2, 0.25) is 0 Å². The summed E-state index contributed by atoms with van der Waals surface area (Å²) in [4.78, 5) is 13.1. The highest BCUT2D eigenvalue weighted by Gasteiger charge is 2.12. The quantitative estimate of drug-likeness (QED) is 0.628. The maximum absolute atomic E-state index is 11.4. The van der Waals surface area contributed by atoms with Gasteiger partial charge in [0.25, 0.3) is 0 Å². The second kappa shape index (κ2) is 5.86. The molecule has 0 aliphatic carbocycles. The van der Waals surface area contributed by atoms with E-state index in [1.165, 1.54) is 0 Å². The lowest BCUT2D eigenvalue weighted by Crippen LogP contribution is -2.39. The Kier molecular flexibility index (Phi) is 5.53. The Balaban J connectivity index is 3.74. The van der Waals surface area contributed by atoms with Crippen molar-refractivity contribution in [2.45, 2.75) is 13.8 Å². The summed E-state index contributed by atoms with van der Waals surface area (Å²) in [6, 6.07) is 0. The molecule has 0 aromatic heterocycles. The standard InChI is InChI=1S/C10H23N2O2/c1-6-11(7-2)10(13)14-9-8-12(3,4)5/h6-9H2,1-5H3/q+1. The van der Waals surface area contributed by atoms with Crippen LogP contribution in [0, 0.1) is 0 Å². The molecule has 0 aliphatic rings. The number of likely N-dealkylation sites (N-methyl/N-ethyl adjacent to an activating group) is 1. The number of nitrogens with zero attached hydrogens (tertiary/aromatic N) is 2. The predicted molar refractivity (Wildman–Crippen MR) is 57.2 cm³/mol. The minimum atomic E-state index is -0.205. The van der Waals surface area contributed by atoms with Gasteiger partial charge in [-0.05, 0) is 13.8 Å². The van der Waals surface area contributed by atoms with E-state index in [-0.39, 0.29) is 6.09 Å². The maximum Gasteiger partial charge on any atom is 0.409 e. The van der Waals surface area contributed by atoms with Crippen LogP contribution in [-0.2, 0) is 4.74 Å². The van der Waals surface area contributed by atoms with Crippen molar-refractivity contribution in [3.63, 3.8) is 0 Å². The molecule has 0 fully saturated rings. The smallest absolute Gasteiger partial charge is 0.409 e. The molecule has 0 bridgehead atoms. The molecule has 4 nitrogen and oxygen atoms in total. The van der Waals surface area contributed by atoms with E-state index in [2.05, 4.69) is 21.1 Å². The lowest BCUT2D eigenvalue weighted by Gasteiger charge is -2.24. The molecule has 0 N–H and O–H groups in total. The van der Waals surface area contributed by atoms with Gasteiger partial charge in [0.2, 0.25) is 0 Å². The van der Waals surface area contributed by atoms with Crippen LogP contribution in [0.5, 0.6) is 0 Å². The van der Waals surface area contributed by atoms with E-state index >= 15 is 0 Å². The molecule has 4 heteroatoms. The first kappa shape index (κ1) is 13.2. The number of quaternary nitrogens is 1. The molecule has 14 heavy (non-hydrogen) atoms. The molecule has 0 aromatic carbocycles. The Hall–Kier alpha value is -0.770. The molecule has 84 valence electrons. The molecule has 0 atom stereocenters. The van der Waals surface area contributed by atoms with E-state index in [9.17, 15) is 4.79 Å². The normalized spacial score (nSPS) is 11.2. The number of carbonyl (C=O) groups is 1. The van der Waals surface area contributed by atoms with Gasteiger partial charge >= 0.3 is 6.09 Å². The van der Waals surface area contributed by atoms with Gasteiger partial charge in [0.15, 0.2) is 0 Å². The van der Waals surface area contributed by atoms with Gasteiger partial charge in [-0.25, -0.2) is 4.79 Å². The number of ether oxygens (including phenoxy) is 1. The molecule has 0 saturated heterocycles. The van der Waals surface area contributed by atoms with Crippen molar-refractivity contribution < 1.29 is 14.0 Å². The Morgan fingerprint density at radius 3 is 2.07 bits per heavy atom. The Morgan fingerprint density at radius 1 is 1.21 bits per heavy atom. The molecule has 0 saturated carbocycles. The number of amides is 1. The molecule has 1 amide bonds. The molecular weight excluding hydrogens is 180 g/mol. The van der Waals surface area contributed by atoms with Gasteiger partial charge in [-0.1, -0.05) is 0 Å². The van der Waals surface area contributed by atoms with E-state index in [1.54, 1.807) is 4.90 Å². The first-order chi connectivity index (χ1) is 6.40. The molecular formula is C10H23N2O2+. The highest BCUT2D eigenvalue weighted by Crippen LogP contribution is 1.95. The fourth-order valence-electron chi connectivity index (χ4n) is 0.980. The topological polar surface area (TPSA) is 29.5 Å². The summed E-state index contributed by atoms with van der Waals surface area (Å²) in [5, 5.41) is 0. The molecule has 0 unspecified atom stereocenters. The van der Waals surface area contributed by atoms with Gasteiger partial charge < -0.3 is 14.1 Å². The fraction of sp³-hybridized carbons (Fsp3) is 0.900. The third kappa shape index (κ3) is 5.80.